The van der Waals surface area contributed by atoms with Crippen LogP contribution in [0.4, 0.5) is 0 Å². The van der Waals surface area contributed by atoms with Crippen molar-refractivity contribution in [3.63, 3.8) is 0 Å². The van der Waals surface area contributed by atoms with Gasteiger partial charge in [-0.3, -0.25) is 67.2 Å². The maximum absolute atomic E-state index is 15.8. The van der Waals surface area contributed by atoms with Gasteiger partial charge in [0.15, 0.2) is 11.6 Å². The number of fused-ring (bicyclic) bond motifs is 1. The van der Waals surface area contributed by atoms with Gasteiger partial charge in [-0.2, -0.15) is 0 Å². The van der Waals surface area contributed by atoms with E-state index >= 15 is 52.7 Å². The molecule has 1 aliphatic rings. The molecule has 0 spiro atoms. The number of ether oxygens (including phenoxy) is 2. The molecule has 17 unspecified atom stereocenters. The van der Waals surface area contributed by atoms with E-state index in [0.29, 0.717) is 22.2 Å². The molecule has 121 heavy (non-hydrogen) atoms. The van der Waals surface area contributed by atoms with Crippen LogP contribution < -0.4 is 31.3 Å². The minimum absolute atomic E-state index is 0. The first-order valence-electron chi connectivity index (χ1n) is 40.3. The van der Waals surface area contributed by atoms with Crippen LogP contribution in [0.15, 0.2) is 54.7 Å². The van der Waals surface area contributed by atoms with Crippen molar-refractivity contribution < 1.29 is 82.0 Å². The number of rotatable bonds is 24. The first-order chi connectivity index (χ1) is 53.0. The number of benzene rings is 2. The zero-order valence-electron chi connectivity index (χ0n) is 72.9. The van der Waals surface area contributed by atoms with E-state index < -0.39 is 227 Å². The lowest BCUT2D eigenvalue weighted by molar-refractivity contribution is -0.162. The Kier molecular flexibility index (Phi) is 51.5. The molecule has 1 saturated heterocycles. The van der Waals surface area contributed by atoms with Crippen LogP contribution in [0.1, 0.15) is 233 Å². The van der Waals surface area contributed by atoms with Gasteiger partial charge in [-0.05, 0) is 111 Å². The summed E-state index contributed by atoms with van der Waals surface area (Å²) in [5.41, 5.74) is 1.40. The number of aliphatic hydroxyl groups is 2. The third-order valence-electron chi connectivity index (χ3n) is 22.4. The van der Waals surface area contributed by atoms with E-state index in [1.165, 1.54) is 76.0 Å². The second-order valence-corrected chi connectivity index (χ2v) is 34.4. The highest BCUT2D eigenvalue weighted by atomic mass is 16.5. The standard InChI is InChI=1S/C85H136N12O17.7CH4/c1-29-51(18)72(96(26)82(109)67(48(12)13)88-77(104)70(49(14)15)92(21)22)78(105)90-68-53(20)114-85(112)57(45(6)7)41-62(100)69(74(101)54-34-31-30-32-35-54)91-75(102)56(44(4)5)40-61(99)59(39-55-42-86-58-36-33-37-63(113-28)64(55)58)93(23)84(111)71(50(16)17)95(25)81(108)66(47(10)11)87-76(103)60(38-43(2)3)94(24)80(107)65(46(8)9)89-79(106)73(52(19)98)97(27)83(68)110;;;;;;;/h30-37,42-53,56-57,59-60,65-74,86,98,101H,29,38-41H2,1-28H3,(H,87,103)(H,88,104)(H,89,106)(H,90,105)(H,91,102);7*1H4. The summed E-state index contributed by atoms with van der Waals surface area (Å²) >= 11 is 0. The van der Waals surface area contributed by atoms with Gasteiger partial charge in [0.1, 0.15) is 72.3 Å². The molecular weight excluding hydrogens is 1550 g/mol. The largest absolute Gasteiger partial charge is 0.496 e. The number of H-pyrrole nitrogens is 1. The molecular formula is C92H164N12O17. The minimum Gasteiger partial charge on any atom is -0.496 e. The molecule has 29 heteroatoms. The van der Waals surface area contributed by atoms with Gasteiger partial charge in [-0.1, -0.05) is 219 Å². The number of hydrogen-bond donors (Lipinski definition) is 8. The highest BCUT2D eigenvalue weighted by Crippen LogP contribution is 2.33. The molecule has 0 saturated carbocycles. The van der Waals surface area contributed by atoms with Gasteiger partial charge in [0.2, 0.25) is 59.1 Å². The molecule has 3 aromatic rings. The molecule has 2 heterocycles. The Balaban J connectivity index is -0.00000978. The molecule has 0 radical (unpaired) electrons. The van der Waals surface area contributed by atoms with E-state index in [2.05, 4.69) is 31.6 Å². The van der Waals surface area contributed by atoms with Crippen molar-refractivity contribution in [2.75, 3.05) is 56.4 Å². The summed E-state index contributed by atoms with van der Waals surface area (Å²) in [5.74, 6) is -17.8. The maximum atomic E-state index is 15.8. The van der Waals surface area contributed by atoms with Gasteiger partial charge in [0.05, 0.1) is 31.2 Å². The third-order valence-corrected chi connectivity index (χ3v) is 22.4. The van der Waals surface area contributed by atoms with Crippen molar-refractivity contribution in [2.45, 2.75) is 307 Å². The number of aromatic amines is 1. The Morgan fingerprint density at radius 2 is 1.05 bits per heavy atom. The van der Waals surface area contributed by atoms with Gasteiger partial charge >= 0.3 is 5.97 Å². The molecule has 1 aliphatic heterocycles. The lowest BCUT2D eigenvalue weighted by Gasteiger charge is -2.39. The molecule has 8 N–H and O–H groups in total. The van der Waals surface area contributed by atoms with Crippen molar-refractivity contribution in [3.8, 4) is 5.75 Å². The Bertz CT molecular complexity index is 3790. The highest BCUT2D eigenvalue weighted by molar-refractivity contribution is 6.01. The van der Waals surface area contributed by atoms with Crippen LogP contribution in [0.2, 0.25) is 0 Å². The number of nitrogens with one attached hydrogen (secondary N) is 6. The molecule has 694 valence electrons. The molecule has 0 bridgehead atoms. The summed E-state index contributed by atoms with van der Waals surface area (Å²) in [6, 6.07) is -2.33. The second-order valence-electron chi connectivity index (χ2n) is 34.4. The van der Waals surface area contributed by atoms with Crippen LogP contribution in [0.25, 0.3) is 10.9 Å². The number of Topliss-reactive ketones (excluding diaryl/α,β-unsaturated/α-hetero) is 2. The molecule has 17 atom stereocenters. The van der Waals surface area contributed by atoms with Gasteiger partial charge in [0.25, 0.3) is 0 Å². The zero-order chi connectivity index (χ0) is 86.8. The number of amides is 10. The van der Waals surface area contributed by atoms with Crippen LogP contribution in [-0.4, -0.2) is 256 Å². The van der Waals surface area contributed by atoms with Crippen LogP contribution in [0.3, 0.4) is 0 Å². The summed E-state index contributed by atoms with van der Waals surface area (Å²) in [6.07, 6.45) is -4.63. The number of esters is 1. The van der Waals surface area contributed by atoms with E-state index in [4.69, 9.17) is 9.47 Å². The predicted octanol–water partition coefficient (Wildman–Crippen LogP) is 10.6. The molecule has 29 nitrogen and oxygen atoms in total. The molecule has 1 aromatic heterocycles. The fourth-order valence-electron chi connectivity index (χ4n) is 15.3. The van der Waals surface area contributed by atoms with Crippen LogP contribution in [0, 0.1) is 65.1 Å². The fraction of sp³-hybridized carbons (Fsp3) is 0.707. The van der Waals surface area contributed by atoms with E-state index in [-0.39, 0.29) is 88.6 Å². The van der Waals surface area contributed by atoms with Gasteiger partial charge in [-0.25, -0.2) is 0 Å². The van der Waals surface area contributed by atoms with Crippen LogP contribution in [0.5, 0.6) is 5.75 Å². The van der Waals surface area contributed by atoms with Gasteiger partial charge < -0.3 is 75.8 Å². The van der Waals surface area contributed by atoms with Crippen molar-refractivity contribution in [2.24, 2.45) is 65.1 Å². The molecule has 10 amide bonds. The fourth-order valence-corrected chi connectivity index (χ4v) is 15.3. The van der Waals surface area contributed by atoms with E-state index in [9.17, 15) is 19.8 Å². The quantitative estimate of drug-likeness (QED) is 0.0386. The Hall–Kier alpha value is -8.83. The molecule has 0 aliphatic carbocycles. The number of aliphatic hydroxyl groups excluding tert-OH is 2. The molecule has 1 fully saturated rings. The second kappa shape index (κ2) is 52.6. The number of cyclic esters (lactones) is 1. The zero-order valence-corrected chi connectivity index (χ0v) is 72.9. The summed E-state index contributed by atoms with van der Waals surface area (Å²) in [7, 11) is 11.7. The maximum Gasteiger partial charge on any atom is 0.309 e. The van der Waals surface area contributed by atoms with Gasteiger partial charge in [-0.15, -0.1) is 0 Å². The topological polar surface area (TPSA) is 376 Å². The molecule has 2 aromatic carbocycles. The van der Waals surface area contributed by atoms with Crippen molar-refractivity contribution in [1.82, 2.24) is 61.0 Å². The van der Waals surface area contributed by atoms with E-state index in [1.54, 1.807) is 152 Å². The first-order valence-corrected chi connectivity index (χ1v) is 40.3. The Labute approximate surface area is 727 Å². The van der Waals surface area contributed by atoms with E-state index in [1.807, 2.05) is 33.8 Å². The Morgan fingerprint density at radius 1 is 0.554 bits per heavy atom. The monoisotopic (exact) mass is 1710 g/mol. The summed E-state index contributed by atoms with van der Waals surface area (Å²) in [4.78, 5) is 209. The summed E-state index contributed by atoms with van der Waals surface area (Å²) < 4.78 is 12.0. The number of carbonyl (C=O) groups excluding carboxylic acids is 13. The number of ketones is 2. The summed E-state index contributed by atoms with van der Waals surface area (Å²) in [5, 5.41) is 38.8. The first kappa shape index (κ1) is 118. The number of likely N-dealkylation sites (N-methyl/N-ethyl adjacent to an activating group) is 6. The van der Waals surface area contributed by atoms with Crippen molar-refractivity contribution in [1.29, 1.82) is 0 Å². The number of carbonyl (C=O) groups is 13. The minimum atomic E-state index is -1.98. The van der Waals surface area contributed by atoms with Crippen molar-refractivity contribution >= 4 is 87.5 Å². The average molecular weight is 1710 g/mol. The Morgan fingerprint density at radius 3 is 1.51 bits per heavy atom. The van der Waals surface area contributed by atoms with Crippen molar-refractivity contribution in [3.05, 3.63) is 65.9 Å². The van der Waals surface area contributed by atoms with Gasteiger partial charge in [0, 0.05) is 77.5 Å². The molecule has 4 rings (SSSR count). The lowest BCUT2D eigenvalue weighted by atomic mass is 9.84. The summed E-state index contributed by atoms with van der Waals surface area (Å²) in [6.45, 7) is 33.5. The number of methoxy groups -OCH3 is 1. The normalized spacial score (nSPS) is 23.0. The number of hydrogen-bond acceptors (Lipinski definition) is 18. The SMILES string of the molecule is C.C.C.C.C.C.C.CCC(C)C(C(=O)NC1C(=O)N(C)C(C(C)O)C(=O)NC(C(C)C)C(=O)N(C)C(CC(C)C)C(=O)NC(C(C)C)C(=O)N(C)C(C(C)C)C(=O)N(C)C(Cc2c[nH]c3cccc(OC)c23)C(=O)CC(C(C)C)C(=O)NC(C(O)c2ccccc2)C(=O)CC(C(C)C)C(=O)OC1C)N(C)C(=O)C(NC(=O)C(C(C)C)N(C)C)C(C)C. The van der Waals surface area contributed by atoms with Crippen LogP contribution >= 0.6 is 0 Å². The lowest BCUT2D eigenvalue weighted by Crippen LogP contribution is -2.65. The number of nitrogens with zero attached hydrogens (tertiary/aromatic N) is 6. The van der Waals surface area contributed by atoms with Crippen LogP contribution in [-0.2, 0) is 73.5 Å². The predicted molar refractivity (Wildman–Crippen MR) is 483 cm³/mol. The van der Waals surface area contributed by atoms with E-state index in [0.717, 1.165) is 16.8 Å². The smallest absolute Gasteiger partial charge is 0.309 e. The highest BCUT2D eigenvalue weighted by Gasteiger charge is 2.48. The third kappa shape index (κ3) is 30.0. The average Bonchev–Trinajstić information content (AvgIpc) is 1.70. The number of aromatic nitrogens is 1.